The fourth-order valence-corrected chi connectivity index (χ4v) is 3.64. The molecule has 1 amide bonds. The summed E-state index contributed by atoms with van der Waals surface area (Å²) in [6, 6.07) is 11.6. The number of carboxylic acid groups (broad SMARTS) is 1. The van der Waals surface area contributed by atoms with Gasteiger partial charge in [0.15, 0.2) is 0 Å². The summed E-state index contributed by atoms with van der Waals surface area (Å²) in [6.45, 7) is 3.39. The van der Waals surface area contributed by atoms with E-state index < -0.39 is 5.97 Å². The quantitative estimate of drug-likeness (QED) is 0.583. The zero-order valence-corrected chi connectivity index (χ0v) is 15.3. The van der Waals surface area contributed by atoms with Crippen molar-refractivity contribution >= 4 is 29.2 Å². The fourth-order valence-electron chi connectivity index (χ4n) is 3.64. The molecule has 140 valence electrons. The van der Waals surface area contributed by atoms with Crippen molar-refractivity contribution in [3.63, 3.8) is 0 Å². The summed E-state index contributed by atoms with van der Waals surface area (Å²) in [6.07, 6.45) is 1.67. The minimum Gasteiger partial charge on any atom is -0.478 e. The molecule has 0 unspecified atom stereocenters. The second-order valence-corrected chi connectivity index (χ2v) is 6.72. The molecule has 1 aliphatic heterocycles. The predicted molar refractivity (Wildman–Crippen MR) is 106 cm³/mol. The summed E-state index contributed by atoms with van der Waals surface area (Å²) in [4.78, 5) is 27.2. The number of aryl methyl sites for hydroxylation is 1. The average molecular weight is 376 g/mol. The fraction of sp³-hybridized carbons (Fsp3) is 0.0909. The molecule has 0 saturated heterocycles. The summed E-state index contributed by atoms with van der Waals surface area (Å²) >= 11 is 0. The van der Waals surface area contributed by atoms with E-state index >= 15 is 0 Å². The molecule has 0 bridgehead atoms. The minimum absolute atomic E-state index is 0.206. The second-order valence-electron chi connectivity index (χ2n) is 6.72. The zero-order chi connectivity index (χ0) is 20.0. The van der Waals surface area contributed by atoms with Crippen molar-refractivity contribution in [1.82, 2.24) is 4.98 Å². The third kappa shape index (κ3) is 2.79. The largest absolute Gasteiger partial charge is 0.478 e. The predicted octanol–water partition coefficient (Wildman–Crippen LogP) is 4.63. The Morgan fingerprint density at radius 2 is 1.82 bits per heavy atom. The van der Waals surface area contributed by atoms with Crippen LogP contribution in [0.5, 0.6) is 0 Å². The van der Waals surface area contributed by atoms with Gasteiger partial charge < -0.3 is 15.4 Å². The maximum absolute atomic E-state index is 13.3. The SMILES string of the molecule is Cc1[nH]c(C=C2C(=O)Nc3cccc(-c4ccc(F)cc4)c32)c(C)c1C(=O)O. The highest BCUT2D eigenvalue weighted by atomic mass is 19.1. The van der Waals surface area contributed by atoms with Gasteiger partial charge in [-0.05, 0) is 54.8 Å². The third-order valence-corrected chi connectivity index (χ3v) is 4.96. The van der Waals surface area contributed by atoms with E-state index in [1.807, 2.05) is 12.1 Å². The highest BCUT2D eigenvalue weighted by Gasteiger charge is 2.28. The lowest BCUT2D eigenvalue weighted by atomic mass is 9.94. The Kier molecular flexibility index (Phi) is 4.11. The smallest absolute Gasteiger partial charge is 0.337 e. The Morgan fingerprint density at radius 3 is 2.46 bits per heavy atom. The third-order valence-electron chi connectivity index (χ3n) is 4.96. The number of rotatable bonds is 3. The van der Waals surface area contributed by atoms with Gasteiger partial charge in [-0.15, -0.1) is 0 Å². The Bertz CT molecular complexity index is 1160. The number of carbonyl (C=O) groups is 2. The van der Waals surface area contributed by atoms with Crippen LogP contribution in [0.15, 0.2) is 42.5 Å². The van der Waals surface area contributed by atoms with Crippen LogP contribution in [0.4, 0.5) is 10.1 Å². The first kappa shape index (κ1) is 17.7. The van der Waals surface area contributed by atoms with E-state index in [1.54, 1.807) is 38.1 Å². The molecule has 0 radical (unpaired) electrons. The van der Waals surface area contributed by atoms with Crippen LogP contribution in [-0.4, -0.2) is 22.0 Å². The van der Waals surface area contributed by atoms with Crippen LogP contribution >= 0.6 is 0 Å². The molecule has 5 nitrogen and oxygen atoms in total. The topological polar surface area (TPSA) is 82.2 Å². The number of aromatic amines is 1. The lowest BCUT2D eigenvalue weighted by Crippen LogP contribution is -2.03. The number of aromatic nitrogens is 1. The summed E-state index contributed by atoms with van der Waals surface area (Å²) in [5.41, 5.74) is 5.25. The number of benzene rings is 2. The number of carboxylic acids is 1. The van der Waals surface area contributed by atoms with Crippen molar-refractivity contribution in [3.05, 3.63) is 76.4 Å². The second kappa shape index (κ2) is 6.49. The number of hydrogen-bond acceptors (Lipinski definition) is 2. The molecule has 1 aliphatic rings. The monoisotopic (exact) mass is 376 g/mol. The van der Waals surface area contributed by atoms with Gasteiger partial charge in [0.2, 0.25) is 0 Å². The summed E-state index contributed by atoms with van der Waals surface area (Å²) in [5, 5.41) is 12.2. The van der Waals surface area contributed by atoms with Gasteiger partial charge in [0.1, 0.15) is 5.82 Å². The first-order valence-corrected chi connectivity index (χ1v) is 8.71. The van der Waals surface area contributed by atoms with E-state index in [0.717, 1.165) is 11.1 Å². The molecular weight excluding hydrogens is 359 g/mol. The van der Waals surface area contributed by atoms with Crippen molar-refractivity contribution in [2.75, 3.05) is 5.32 Å². The molecule has 1 aromatic heterocycles. The van der Waals surface area contributed by atoms with Crippen molar-refractivity contribution in [2.45, 2.75) is 13.8 Å². The highest BCUT2D eigenvalue weighted by molar-refractivity contribution is 6.36. The molecule has 4 rings (SSSR count). The number of H-pyrrole nitrogens is 1. The average Bonchev–Trinajstić information content (AvgIpc) is 3.11. The number of aromatic carboxylic acids is 1. The van der Waals surface area contributed by atoms with E-state index in [9.17, 15) is 19.1 Å². The normalized spacial score (nSPS) is 14.2. The first-order chi connectivity index (χ1) is 13.4. The molecule has 6 heteroatoms. The van der Waals surface area contributed by atoms with Crippen LogP contribution in [0.1, 0.15) is 32.9 Å². The zero-order valence-electron chi connectivity index (χ0n) is 15.3. The van der Waals surface area contributed by atoms with Crippen molar-refractivity contribution in [2.24, 2.45) is 0 Å². The van der Waals surface area contributed by atoms with Crippen LogP contribution in [0.3, 0.4) is 0 Å². The Balaban J connectivity index is 1.90. The van der Waals surface area contributed by atoms with Crippen LogP contribution in [-0.2, 0) is 4.79 Å². The number of hydrogen-bond donors (Lipinski definition) is 3. The minimum atomic E-state index is -1.01. The molecule has 3 N–H and O–H groups in total. The van der Waals surface area contributed by atoms with E-state index in [1.165, 1.54) is 12.1 Å². The van der Waals surface area contributed by atoms with Gasteiger partial charge in [0.05, 0.1) is 11.1 Å². The maximum atomic E-state index is 13.3. The number of anilines is 1. The van der Waals surface area contributed by atoms with Gasteiger partial charge >= 0.3 is 5.97 Å². The summed E-state index contributed by atoms with van der Waals surface area (Å²) in [5.74, 6) is -1.62. The van der Waals surface area contributed by atoms with Crippen LogP contribution in [0.25, 0.3) is 22.8 Å². The van der Waals surface area contributed by atoms with E-state index in [4.69, 9.17) is 0 Å². The van der Waals surface area contributed by atoms with Crippen LogP contribution in [0, 0.1) is 19.7 Å². The molecule has 0 saturated carbocycles. The van der Waals surface area contributed by atoms with Gasteiger partial charge in [-0.3, -0.25) is 4.79 Å². The lowest BCUT2D eigenvalue weighted by Gasteiger charge is -2.09. The van der Waals surface area contributed by atoms with E-state index in [-0.39, 0.29) is 17.3 Å². The molecule has 2 heterocycles. The Hall–Kier alpha value is -3.67. The lowest BCUT2D eigenvalue weighted by molar-refractivity contribution is -0.110. The van der Waals surface area contributed by atoms with E-state index in [0.29, 0.717) is 33.8 Å². The van der Waals surface area contributed by atoms with Crippen LogP contribution in [0.2, 0.25) is 0 Å². The number of nitrogens with one attached hydrogen (secondary N) is 2. The standard InChI is InChI=1S/C22H17FN2O3/c1-11-18(24-12(2)19(11)22(27)28)10-16-20-15(13-6-8-14(23)9-7-13)4-3-5-17(20)25-21(16)26/h3-10,24H,1-2H3,(H,25,26)(H,27,28). The van der Waals surface area contributed by atoms with Crippen molar-refractivity contribution in [1.29, 1.82) is 0 Å². The number of carbonyl (C=O) groups excluding carboxylic acids is 1. The van der Waals surface area contributed by atoms with Crippen molar-refractivity contribution < 1.29 is 19.1 Å². The van der Waals surface area contributed by atoms with Gasteiger partial charge in [-0.25, -0.2) is 9.18 Å². The molecular formula is C22H17FN2O3. The van der Waals surface area contributed by atoms with Gasteiger partial charge in [-0.2, -0.15) is 0 Å². The summed E-state index contributed by atoms with van der Waals surface area (Å²) < 4.78 is 13.3. The molecule has 0 spiro atoms. The Morgan fingerprint density at radius 1 is 1.11 bits per heavy atom. The maximum Gasteiger partial charge on any atom is 0.337 e. The summed E-state index contributed by atoms with van der Waals surface area (Å²) in [7, 11) is 0. The molecule has 0 atom stereocenters. The number of amides is 1. The van der Waals surface area contributed by atoms with Gasteiger partial charge in [0, 0.05) is 22.6 Å². The highest BCUT2D eigenvalue weighted by Crippen LogP contribution is 2.40. The number of fused-ring (bicyclic) bond motifs is 1. The first-order valence-electron chi connectivity index (χ1n) is 8.71. The molecule has 0 fully saturated rings. The molecule has 0 aliphatic carbocycles. The molecule has 3 aromatic rings. The van der Waals surface area contributed by atoms with Crippen molar-refractivity contribution in [3.8, 4) is 11.1 Å². The molecule has 2 aromatic carbocycles. The molecule has 28 heavy (non-hydrogen) atoms. The van der Waals surface area contributed by atoms with Crippen LogP contribution < -0.4 is 5.32 Å². The van der Waals surface area contributed by atoms with Gasteiger partial charge in [-0.1, -0.05) is 24.3 Å². The Labute approximate surface area is 160 Å². The van der Waals surface area contributed by atoms with E-state index in [2.05, 4.69) is 10.3 Å². The number of halogens is 1. The van der Waals surface area contributed by atoms with Gasteiger partial charge in [0.25, 0.3) is 5.91 Å².